The first-order chi connectivity index (χ1) is 12.5. The van der Waals surface area contributed by atoms with Gasteiger partial charge in [0, 0.05) is 24.3 Å². The van der Waals surface area contributed by atoms with E-state index in [4.69, 9.17) is 11.6 Å². The maximum absolute atomic E-state index is 12.4. The van der Waals surface area contributed by atoms with Crippen molar-refractivity contribution in [2.45, 2.75) is 18.6 Å². The molecule has 0 aliphatic heterocycles. The Morgan fingerprint density at radius 2 is 2.00 bits per heavy atom. The van der Waals surface area contributed by atoms with Crippen molar-refractivity contribution < 1.29 is 4.79 Å². The molecule has 26 heavy (non-hydrogen) atoms. The third-order valence-corrected chi connectivity index (χ3v) is 5.05. The van der Waals surface area contributed by atoms with E-state index in [1.165, 1.54) is 17.3 Å². The van der Waals surface area contributed by atoms with Gasteiger partial charge in [0.15, 0.2) is 5.16 Å². The van der Waals surface area contributed by atoms with E-state index in [2.05, 4.69) is 10.2 Å². The molecule has 134 valence electrons. The summed E-state index contributed by atoms with van der Waals surface area (Å²) in [6.45, 7) is 2.56. The standard InChI is InChI=1S/C19H19ClN4OS/c1-14-6-8-17(9-7-14)24-13-21-22-19(24)26-12-18(25)23(2)11-15-4-3-5-16(20)10-15/h3-10,13H,11-12H2,1-2H3. The van der Waals surface area contributed by atoms with Crippen molar-refractivity contribution in [2.75, 3.05) is 12.8 Å². The van der Waals surface area contributed by atoms with Gasteiger partial charge in [0.05, 0.1) is 5.75 Å². The molecule has 7 heteroatoms. The number of halogens is 1. The highest BCUT2D eigenvalue weighted by molar-refractivity contribution is 7.99. The Kier molecular flexibility index (Phi) is 5.96. The third kappa shape index (κ3) is 4.65. The second kappa shape index (κ2) is 8.38. The number of carbonyl (C=O) groups excluding carboxylic acids is 1. The summed E-state index contributed by atoms with van der Waals surface area (Å²) in [6.07, 6.45) is 1.66. The predicted octanol–water partition coefficient (Wildman–Crippen LogP) is 3.98. The lowest BCUT2D eigenvalue weighted by Crippen LogP contribution is -2.27. The molecule has 0 atom stereocenters. The van der Waals surface area contributed by atoms with E-state index in [0.717, 1.165) is 11.3 Å². The number of nitrogens with zero attached hydrogens (tertiary/aromatic N) is 4. The van der Waals surface area contributed by atoms with Gasteiger partial charge in [0.25, 0.3) is 0 Å². The molecule has 2 aromatic carbocycles. The Bertz CT molecular complexity index is 895. The first-order valence-corrected chi connectivity index (χ1v) is 9.47. The van der Waals surface area contributed by atoms with E-state index in [1.807, 2.05) is 60.0 Å². The molecule has 1 amide bonds. The minimum Gasteiger partial charge on any atom is -0.341 e. The molecule has 0 fully saturated rings. The van der Waals surface area contributed by atoms with E-state index in [9.17, 15) is 4.79 Å². The number of rotatable bonds is 6. The molecular weight excluding hydrogens is 368 g/mol. The zero-order valence-corrected chi connectivity index (χ0v) is 16.2. The summed E-state index contributed by atoms with van der Waals surface area (Å²) in [6, 6.07) is 15.6. The first-order valence-electron chi connectivity index (χ1n) is 8.11. The minimum atomic E-state index is 0.0217. The molecular formula is C19H19ClN4OS. The maximum atomic E-state index is 12.4. The van der Waals surface area contributed by atoms with Crippen molar-refractivity contribution >= 4 is 29.3 Å². The Labute approximate surface area is 162 Å². The lowest BCUT2D eigenvalue weighted by Gasteiger charge is -2.17. The Hall–Kier alpha value is -2.31. The van der Waals surface area contributed by atoms with Crippen LogP contribution in [0.4, 0.5) is 0 Å². The van der Waals surface area contributed by atoms with Crippen LogP contribution in [0.25, 0.3) is 5.69 Å². The highest BCUT2D eigenvalue weighted by atomic mass is 35.5. The SMILES string of the molecule is Cc1ccc(-n2cnnc2SCC(=O)N(C)Cc2cccc(Cl)c2)cc1. The number of hydrogen-bond donors (Lipinski definition) is 0. The quantitative estimate of drug-likeness (QED) is 0.601. The largest absolute Gasteiger partial charge is 0.341 e. The van der Waals surface area contributed by atoms with Crippen molar-refractivity contribution in [3.63, 3.8) is 0 Å². The zero-order chi connectivity index (χ0) is 18.5. The molecule has 3 aromatic rings. The van der Waals surface area contributed by atoms with Crippen molar-refractivity contribution in [1.29, 1.82) is 0 Å². The summed E-state index contributed by atoms with van der Waals surface area (Å²) in [5.74, 6) is 0.315. The molecule has 0 unspecified atom stereocenters. The zero-order valence-electron chi connectivity index (χ0n) is 14.6. The van der Waals surface area contributed by atoms with E-state index in [0.29, 0.717) is 22.5 Å². The van der Waals surface area contributed by atoms with Gasteiger partial charge >= 0.3 is 0 Å². The molecule has 1 heterocycles. The van der Waals surface area contributed by atoms with Gasteiger partial charge in [-0.05, 0) is 36.8 Å². The van der Waals surface area contributed by atoms with Crippen LogP contribution in [0.15, 0.2) is 60.0 Å². The fraction of sp³-hybridized carbons (Fsp3) is 0.211. The van der Waals surface area contributed by atoms with Gasteiger partial charge in [-0.15, -0.1) is 10.2 Å². The van der Waals surface area contributed by atoms with Crippen LogP contribution < -0.4 is 0 Å². The van der Waals surface area contributed by atoms with Crippen LogP contribution >= 0.6 is 23.4 Å². The van der Waals surface area contributed by atoms with Gasteiger partial charge in [-0.3, -0.25) is 9.36 Å². The molecule has 1 aromatic heterocycles. The highest BCUT2D eigenvalue weighted by Gasteiger charge is 2.13. The summed E-state index contributed by atoms with van der Waals surface area (Å²) in [4.78, 5) is 14.1. The number of thioether (sulfide) groups is 1. The molecule has 0 N–H and O–H groups in total. The van der Waals surface area contributed by atoms with Gasteiger partial charge in [-0.25, -0.2) is 0 Å². The van der Waals surface area contributed by atoms with Gasteiger partial charge in [-0.1, -0.05) is 53.2 Å². The molecule has 3 rings (SSSR count). The first kappa shape index (κ1) is 18.5. The molecule has 0 spiro atoms. The van der Waals surface area contributed by atoms with E-state index in [-0.39, 0.29) is 5.91 Å². The summed E-state index contributed by atoms with van der Waals surface area (Å²) < 4.78 is 1.88. The molecule has 0 bridgehead atoms. The van der Waals surface area contributed by atoms with Gasteiger partial charge in [-0.2, -0.15) is 0 Å². The molecule has 0 aliphatic rings. The molecule has 0 saturated heterocycles. The smallest absolute Gasteiger partial charge is 0.233 e. The average molecular weight is 387 g/mol. The lowest BCUT2D eigenvalue weighted by molar-refractivity contribution is -0.127. The molecule has 5 nitrogen and oxygen atoms in total. The molecule has 0 radical (unpaired) electrons. The van der Waals surface area contributed by atoms with Crippen LogP contribution in [0.1, 0.15) is 11.1 Å². The van der Waals surface area contributed by atoms with Crippen molar-refractivity contribution in [1.82, 2.24) is 19.7 Å². The van der Waals surface area contributed by atoms with Crippen LogP contribution in [0, 0.1) is 6.92 Å². The number of benzene rings is 2. The van der Waals surface area contributed by atoms with E-state index in [1.54, 1.807) is 18.3 Å². The topological polar surface area (TPSA) is 51.0 Å². The second-order valence-electron chi connectivity index (χ2n) is 5.99. The van der Waals surface area contributed by atoms with Gasteiger partial charge in [0.1, 0.15) is 6.33 Å². The fourth-order valence-electron chi connectivity index (χ4n) is 2.44. The number of aromatic nitrogens is 3. The van der Waals surface area contributed by atoms with E-state index >= 15 is 0 Å². The number of hydrogen-bond acceptors (Lipinski definition) is 4. The monoisotopic (exact) mass is 386 g/mol. The maximum Gasteiger partial charge on any atom is 0.233 e. The summed E-state index contributed by atoms with van der Waals surface area (Å²) in [5, 5.41) is 9.47. The fourth-order valence-corrected chi connectivity index (χ4v) is 3.52. The van der Waals surface area contributed by atoms with Crippen molar-refractivity contribution in [3.8, 4) is 5.69 Å². The normalized spacial score (nSPS) is 10.7. The van der Waals surface area contributed by atoms with Crippen LogP contribution in [0.3, 0.4) is 0 Å². The third-order valence-electron chi connectivity index (χ3n) is 3.89. The number of aryl methyl sites for hydroxylation is 1. The van der Waals surface area contributed by atoms with Crippen LogP contribution in [-0.4, -0.2) is 38.4 Å². The number of carbonyl (C=O) groups is 1. The average Bonchev–Trinajstić information content (AvgIpc) is 3.09. The van der Waals surface area contributed by atoms with Gasteiger partial charge in [0.2, 0.25) is 5.91 Å². The minimum absolute atomic E-state index is 0.0217. The lowest BCUT2D eigenvalue weighted by atomic mass is 10.2. The number of amides is 1. The van der Waals surface area contributed by atoms with Crippen LogP contribution in [0.2, 0.25) is 5.02 Å². The summed E-state index contributed by atoms with van der Waals surface area (Å²) in [7, 11) is 1.79. The predicted molar refractivity (Wildman–Crippen MR) is 105 cm³/mol. The van der Waals surface area contributed by atoms with E-state index < -0.39 is 0 Å². The van der Waals surface area contributed by atoms with Crippen molar-refractivity contribution in [3.05, 3.63) is 71.0 Å². The molecule has 0 aliphatic carbocycles. The second-order valence-corrected chi connectivity index (χ2v) is 7.37. The summed E-state index contributed by atoms with van der Waals surface area (Å²) >= 11 is 7.37. The Morgan fingerprint density at radius 3 is 2.73 bits per heavy atom. The van der Waals surface area contributed by atoms with Crippen LogP contribution in [-0.2, 0) is 11.3 Å². The summed E-state index contributed by atoms with van der Waals surface area (Å²) in [5.41, 5.74) is 3.16. The Morgan fingerprint density at radius 1 is 1.23 bits per heavy atom. The highest BCUT2D eigenvalue weighted by Crippen LogP contribution is 2.20. The Balaban J connectivity index is 1.61. The van der Waals surface area contributed by atoms with Crippen LogP contribution in [0.5, 0.6) is 0 Å². The van der Waals surface area contributed by atoms with Gasteiger partial charge < -0.3 is 4.90 Å². The molecule has 0 saturated carbocycles. The van der Waals surface area contributed by atoms with Crippen molar-refractivity contribution in [2.24, 2.45) is 0 Å².